The molecule has 0 aromatic rings. The van der Waals surface area contributed by atoms with Crippen LogP contribution in [0.15, 0.2) is 0 Å². The van der Waals surface area contributed by atoms with Crippen molar-refractivity contribution < 1.29 is 4.43 Å². The van der Waals surface area contributed by atoms with Crippen LogP contribution in [0, 0.1) is 0 Å². The van der Waals surface area contributed by atoms with E-state index < -0.39 is 0 Å². The summed E-state index contributed by atoms with van der Waals surface area (Å²) >= 11 is 0. The summed E-state index contributed by atoms with van der Waals surface area (Å²) in [5, 5.41) is 0. The Morgan fingerprint density at radius 2 is 1.80 bits per heavy atom. The fourth-order valence-electron chi connectivity index (χ4n) is 0.744. The lowest BCUT2D eigenvalue weighted by molar-refractivity contribution is 0.288. The van der Waals surface area contributed by atoms with Crippen molar-refractivity contribution in [2.45, 2.75) is 27.2 Å². The predicted octanol–water partition coefficient (Wildman–Crippen LogP) is 0.754. The van der Waals surface area contributed by atoms with E-state index in [-0.39, 0.29) is 9.92 Å². The van der Waals surface area contributed by atoms with Crippen LogP contribution in [0.2, 0.25) is 0 Å². The Balaban J connectivity index is 3.09. The molecule has 0 aliphatic rings. The molecular formula is C7H19NOSi. The number of nitrogens with zero attached hydrogens (tertiary/aromatic N) is 1. The van der Waals surface area contributed by atoms with Gasteiger partial charge < -0.3 is 8.99 Å². The van der Waals surface area contributed by atoms with Gasteiger partial charge in [-0.2, -0.15) is 0 Å². The third-order valence-electron chi connectivity index (χ3n) is 1.52. The molecule has 0 aliphatic carbocycles. The topological polar surface area (TPSA) is 12.5 Å². The fraction of sp³-hybridized carbons (Fsp3) is 1.00. The minimum absolute atomic E-state index is 0.352. The molecule has 0 fully saturated rings. The van der Waals surface area contributed by atoms with Crippen molar-refractivity contribution in [1.82, 2.24) is 4.57 Å². The fourth-order valence-corrected chi connectivity index (χ4v) is 1.79. The first-order valence-corrected chi connectivity index (χ1v) is 5.36. The van der Waals surface area contributed by atoms with Gasteiger partial charge in [0.05, 0.1) is 0 Å². The van der Waals surface area contributed by atoms with Gasteiger partial charge in [-0.15, -0.1) is 0 Å². The molecule has 0 heterocycles. The summed E-state index contributed by atoms with van der Waals surface area (Å²) in [5.74, 6) is 0. The molecule has 0 atom stereocenters. The molecule has 0 rings (SSSR count). The van der Waals surface area contributed by atoms with Gasteiger partial charge in [0.25, 0.3) is 0 Å². The number of hydrogen-bond donors (Lipinski definition) is 0. The monoisotopic (exact) mass is 161 g/mol. The normalized spacial score (nSPS) is 12.0. The highest BCUT2D eigenvalue weighted by Gasteiger charge is 1.97. The molecule has 0 amide bonds. The van der Waals surface area contributed by atoms with E-state index in [2.05, 4.69) is 25.3 Å². The van der Waals surface area contributed by atoms with Gasteiger partial charge in [0.1, 0.15) is 0 Å². The Morgan fingerprint density at radius 1 is 1.20 bits per heavy atom. The van der Waals surface area contributed by atoms with Crippen LogP contribution in [-0.4, -0.2) is 34.2 Å². The number of hydrogen-bond acceptors (Lipinski definition) is 2. The van der Waals surface area contributed by atoms with Crippen LogP contribution in [0.3, 0.4) is 0 Å². The van der Waals surface area contributed by atoms with Crippen molar-refractivity contribution in [1.29, 1.82) is 0 Å². The van der Waals surface area contributed by atoms with Gasteiger partial charge in [-0.3, -0.25) is 0 Å². The molecule has 0 aromatic carbocycles. The lowest BCUT2D eigenvalue weighted by atomic mass is 10.5. The van der Waals surface area contributed by atoms with E-state index in [1.807, 2.05) is 0 Å². The first kappa shape index (κ1) is 10.1. The molecule has 2 nitrogen and oxygen atoms in total. The van der Waals surface area contributed by atoms with Crippen molar-refractivity contribution >= 4 is 9.92 Å². The van der Waals surface area contributed by atoms with Crippen LogP contribution in [-0.2, 0) is 4.43 Å². The molecule has 0 unspecified atom stereocenters. The van der Waals surface area contributed by atoms with Crippen molar-refractivity contribution in [3.8, 4) is 0 Å². The minimum Gasteiger partial charge on any atom is -0.408 e. The van der Waals surface area contributed by atoms with E-state index in [1.165, 1.54) is 0 Å². The molecule has 0 spiro atoms. The summed E-state index contributed by atoms with van der Waals surface area (Å²) in [7, 11) is -0.352. The van der Waals surface area contributed by atoms with Crippen LogP contribution in [0.5, 0.6) is 0 Å². The highest BCUT2D eigenvalue weighted by atomic mass is 28.2. The van der Waals surface area contributed by atoms with Gasteiger partial charge in [0.15, 0.2) is 0 Å². The molecule has 10 heavy (non-hydrogen) atoms. The summed E-state index contributed by atoms with van der Waals surface area (Å²) in [4.78, 5) is 0. The second-order valence-electron chi connectivity index (χ2n) is 2.34. The van der Waals surface area contributed by atoms with Crippen molar-refractivity contribution in [2.75, 3.05) is 19.7 Å². The van der Waals surface area contributed by atoms with Gasteiger partial charge >= 0.3 is 0 Å². The third-order valence-corrected chi connectivity index (χ3v) is 3.25. The SMILES string of the molecule is CCCO[SiH2]N(CC)CC. The van der Waals surface area contributed by atoms with E-state index >= 15 is 0 Å². The van der Waals surface area contributed by atoms with E-state index in [1.54, 1.807) is 0 Å². The second-order valence-corrected chi connectivity index (χ2v) is 3.90. The van der Waals surface area contributed by atoms with Crippen molar-refractivity contribution in [3.05, 3.63) is 0 Å². The summed E-state index contributed by atoms with van der Waals surface area (Å²) in [6.45, 7) is 9.76. The maximum absolute atomic E-state index is 5.49. The van der Waals surface area contributed by atoms with Crippen LogP contribution in [0.1, 0.15) is 27.2 Å². The first-order valence-electron chi connectivity index (χ1n) is 4.15. The Labute approximate surface area is 66.6 Å². The van der Waals surface area contributed by atoms with Crippen LogP contribution < -0.4 is 0 Å². The van der Waals surface area contributed by atoms with E-state index in [0.717, 1.165) is 26.1 Å². The molecule has 0 saturated carbocycles. The van der Waals surface area contributed by atoms with Gasteiger partial charge in [0.2, 0.25) is 9.92 Å². The molecular weight excluding hydrogens is 142 g/mol. The molecule has 0 aromatic heterocycles. The summed E-state index contributed by atoms with van der Waals surface area (Å²) in [5.41, 5.74) is 0. The molecule has 0 bridgehead atoms. The van der Waals surface area contributed by atoms with Gasteiger partial charge in [-0.05, 0) is 19.5 Å². The molecule has 3 heteroatoms. The van der Waals surface area contributed by atoms with Crippen LogP contribution in [0.25, 0.3) is 0 Å². The lowest BCUT2D eigenvalue weighted by Crippen LogP contribution is -2.29. The molecule has 0 radical (unpaired) electrons. The standard InChI is InChI=1S/C7H19NOSi/c1-4-7-9-10-8(5-2)6-3/h4-7,10H2,1-3H3. The Hall–Kier alpha value is 0.137. The quantitative estimate of drug-likeness (QED) is 0.421. The smallest absolute Gasteiger partial charge is 0.238 e. The summed E-state index contributed by atoms with van der Waals surface area (Å²) < 4.78 is 7.89. The average Bonchev–Trinajstić information content (AvgIpc) is 1.99. The lowest BCUT2D eigenvalue weighted by Gasteiger charge is -2.16. The minimum atomic E-state index is -0.352. The van der Waals surface area contributed by atoms with E-state index in [0.29, 0.717) is 0 Å². The van der Waals surface area contributed by atoms with Crippen LogP contribution >= 0.6 is 0 Å². The largest absolute Gasteiger partial charge is 0.408 e. The zero-order valence-electron chi connectivity index (χ0n) is 7.39. The van der Waals surface area contributed by atoms with Gasteiger partial charge in [-0.25, -0.2) is 0 Å². The highest BCUT2D eigenvalue weighted by Crippen LogP contribution is 1.85. The Kier molecular flexibility index (Phi) is 7.35. The van der Waals surface area contributed by atoms with E-state index in [4.69, 9.17) is 4.43 Å². The molecule has 0 saturated heterocycles. The van der Waals surface area contributed by atoms with Crippen molar-refractivity contribution in [2.24, 2.45) is 0 Å². The molecule has 0 aliphatic heterocycles. The van der Waals surface area contributed by atoms with Crippen molar-refractivity contribution in [3.63, 3.8) is 0 Å². The zero-order chi connectivity index (χ0) is 7.82. The first-order chi connectivity index (χ1) is 4.85. The second kappa shape index (κ2) is 7.25. The zero-order valence-corrected chi connectivity index (χ0v) is 8.81. The summed E-state index contributed by atoms with van der Waals surface area (Å²) in [6, 6.07) is 0. The van der Waals surface area contributed by atoms with Gasteiger partial charge in [-0.1, -0.05) is 20.8 Å². The number of rotatable bonds is 6. The molecule has 0 N–H and O–H groups in total. The Morgan fingerprint density at radius 3 is 2.20 bits per heavy atom. The van der Waals surface area contributed by atoms with Gasteiger partial charge in [0, 0.05) is 6.61 Å². The average molecular weight is 161 g/mol. The van der Waals surface area contributed by atoms with Crippen LogP contribution in [0.4, 0.5) is 0 Å². The predicted molar refractivity (Wildman–Crippen MR) is 47.7 cm³/mol. The maximum Gasteiger partial charge on any atom is 0.238 e. The Bertz CT molecular complexity index is 66.6. The maximum atomic E-state index is 5.49. The van der Waals surface area contributed by atoms with E-state index in [9.17, 15) is 0 Å². The summed E-state index contributed by atoms with van der Waals surface area (Å²) in [6.07, 6.45) is 1.15. The third kappa shape index (κ3) is 4.96. The highest BCUT2D eigenvalue weighted by molar-refractivity contribution is 6.23. The molecule has 62 valence electrons.